The van der Waals surface area contributed by atoms with Gasteiger partial charge in [0.1, 0.15) is 11.6 Å². The summed E-state index contributed by atoms with van der Waals surface area (Å²) in [5, 5.41) is 0. The van der Waals surface area contributed by atoms with Gasteiger partial charge >= 0.3 is 0 Å². The van der Waals surface area contributed by atoms with Crippen LogP contribution in [0.2, 0.25) is 0 Å². The SMILES string of the molecule is CC(=O)c1cccc(-c2cc(F)ccc2F)c1. The van der Waals surface area contributed by atoms with Crippen LogP contribution in [0.25, 0.3) is 11.1 Å². The van der Waals surface area contributed by atoms with Crippen LogP contribution in [0, 0.1) is 11.6 Å². The molecule has 0 aliphatic rings. The average Bonchev–Trinajstić information content (AvgIpc) is 2.32. The highest BCUT2D eigenvalue weighted by Gasteiger charge is 2.08. The Morgan fingerprint density at radius 1 is 1.06 bits per heavy atom. The lowest BCUT2D eigenvalue weighted by Gasteiger charge is -2.05. The van der Waals surface area contributed by atoms with Crippen LogP contribution in [0.3, 0.4) is 0 Å². The predicted molar refractivity (Wildman–Crippen MR) is 61.8 cm³/mol. The minimum Gasteiger partial charge on any atom is -0.295 e. The number of ketones is 1. The van der Waals surface area contributed by atoms with Crippen LogP contribution in [0.15, 0.2) is 42.5 Å². The minimum atomic E-state index is -0.507. The highest BCUT2D eigenvalue weighted by atomic mass is 19.1. The fourth-order valence-electron chi connectivity index (χ4n) is 1.62. The minimum absolute atomic E-state index is 0.108. The van der Waals surface area contributed by atoms with E-state index >= 15 is 0 Å². The number of benzene rings is 2. The van der Waals surface area contributed by atoms with E-state index in [1.54, 1.807) is 24.3 Å². The van der Waals surface area contributed by atoms with Crippen LogP contribution in [0.4, 0.5) is 8.78 Å². The van der Waals surface area contributed by atoms with Crippen LogP contribution in [-0.4, -0.2) is 5.78 Å². The fourth-order valence-corrected chi connectivity index (χ4v) is 1.62. The van der Waals surface area contributed by atoms with E-state index in [-0.39, 0.29) is 11.3 Å². The molecule has 0 atom stereocenters. The van der Waals surface area contributed by atoms with Crippen molar-refractivity contribution in [3.8, 4) is 11.1 Å². The Hall–Kier alpha value is -2.03. The molecule has 17 heavy (non-hydrogen) atoms. The number of halogens is 2. The zero-order chi connectivity index (χ0) is 12.4. The molecule has 0 aromatic heterocycles. The number of carbonyl (C=O) groups excluding carboxylic acids is 1. The number of rotatable bonds is 2. The van der Waals surface area contributed by atoms with Crippen LogP contribution < -0.4 is 0 Å². The van der Waals surface area contributed by atoms with Gasteiger partial charge in [-0.2, -0.15) is 0 Å². The maximum Gasteiger partial charge on any atom is 0.159 e. The van der Waals surface area contributed by atoms with Crippen LogP contribution >= 0.6 is 0 Å². The molecule has 2 aromatic carbocycles. The molecule has 0 fully saturated rings. The standard InChI is InChI=1S/C14H10F2O/c1-9(17)10-3-2-4-11(7-10)13-8-12(15)5-6-14(13)16/h2-8H,1H3. The van der Waals surface area contributed by atoms with E-state index in [9.17, 15) is 13.6 Å². The van der Waals surface area contributed by atoms with Gasteiger partial charge in [-0.15, -0.1) is 0 Å². The van der Waals surface area contributed by atoms with Gasteiger partial charge in [0.2, 0.25) is 0 Å². The summed E-state index contributed by atoms with van der Waals surface area (Å²) in [6, 6.07) is 9.75. The molecule has 0 spiro atoms. The van der Waals surface area contributed by atoms with Gasteiger partial charge in [-0.25, -0.2) is 8.78 Å². The largest absolute Gasteiger partial charge is 0.295 e. The molecule has 2 aromatic rings. The fraction of sp³-hybridized carbons (Fsp3) is 0.0714. The van der Waals surface area contributed by atoms with Crippen molar-refractivity contribution in [3.63, 3.8) is 0 Å². The molecule has 0 saturated carbocycles. The van der Waals surface area contributed by atoms with Crippen molar-refractivity contribution in [2.45, 2.75) is 6.92 Å². The summed E-state index contributed by atoms with van der Waals surface area (Å²) in [4.78, 5) is 11.2. The van der Waals surface area contributed by atoms with Gasteiger partial charge < -0.3 is 0 Å². The quantitative estimate of drug-likeness (QED) is 0.719. The first-order chi connectivity index (χ1) is 8.08. The molecular weight excluding hydrogens is 222 g/mol. The van der Waals surface area contributed by atoms with E-state index in [0.717, 1.165) is 18.2 Å². The third-order valence-corrected chi connectivity index (χ3v) is 2.51. The van der Waals surface area contributed by atoms with Gasteiger partial charge in [0.25, 0.3) is 0 Å². The van der Waals surface area contributed by atoms with E-state index < -0.39 is 11.6 Å². The van der Waals surface area contributed by atoms with Crippen molar-refractivity contribution in [2.24, 2.45) is 0 Å². The second-order valence-electron chi connectivity index (χ2n) is 3.76. The molecule has 2 rings (SSSR count). The van der Waals surface area contributed by atoms with Crippen molar-refractivity contribution in [3.05, 3.63) is 59.7 Å². The molecule has 0 aliphatic carbocycles. The summed E-state index contributed by atoms with van der Waals surface area (Å²) in [6.07, 6.45) is 0. The maximum absolute atomic E-state index is 13.5. The molecule has 86 valence electrons. The third kappa shape index (κ3) is 2.38. The number of Topliss-reactive ketones (excluding diaryl/α,β-unsaturated/α-hetero) is 1. The molecule has 0 saturated heterocycles. The third-order valence-electron chi connectivity index (χ3n) is 2.51. The summed E-state index contributed by atoms with van der Waals surface area (Å²) >= 11 is 0. The summed E-state index contributed by atoms with van der Waals surface area (Å²) < 4.78 is 26.6. The second kappa shape index (κ2) is 4.45. The normalized spacial score (nSPS) is 10.3. The topological polar surface area (TPSA) is 17.1 Å². The van der Waals surface area contributed by atoms with Crippen LogP contribution in [0.1, 0.15) is 17.3 Å². The van der Waals surface area contributed by atoms with Gasteiger partial charge in [0.15, 0.2) is 5.78 Å². The van der Waals surface area contributed by atoms with Gasteiger partial charge in [-0.1, -0.05) is 18.2 Å². The molecule has 0 radical (unpaired) electrons. The Bertz CT molecular complexity index is 576. The molecule has 3 heteroatoms. The zero-order valence-electron chi connectivity index (χ0n) is 9.21. The Labute approximate surface area is 97.7 Å². The lowest BCUT2D eigenvalue weighted by atomic mass is 10.0. The van der Waals surface area contributed by atoms with E-state index in [1.807, 2.05) is 0 Å². The van der Waals surface area contributed by atoms with Gasteiger partial charge in [0, 0.05) is 11.1 Å². The molecule has 0 amide bonds. The van der Waals surface area contributed by atoms with E-state index in [0.29, 0.717) is 11.1 Å². The first kappa shape index (κ1) is 11.5. The Morgan fingerprint density at radius 3 is 2.53 bits per heavy atom. The van der Waals surface area contributed by atoms with E-state index in [1.165, 1.54) is 6.92 Å². The molecule has 0 heterocycles. The lowest BCUT2D eigenvalue weighted by molar-refractivity contribution is 0.101. The molecule has 0 N–H and O–H groups in total. The number of hydrogen-bond acceptors (Lipinski definition) is 1. The zero-order valence-corrected chi connectivity index (χ0v) is 9.21. The Kier molecular flexibility index (Phi) is 3.00. The highest BCUT2D eigenvalue weighted by Crippen LogP contribution is 2.24. The van der Waals surface area contributed by atoms with Crippen LogP contribution in [0.5, 0.6) is 0 Å². The first-order valence-electron chi connectivity index (χ1n) is 5.14. The maximum atomic E-state index is 13.5. The first-order valence-corrected chi connectivity index (χ1v) is 5.14. The highest BCUT2D eigenvalue weighted by molar-refractivity contribution is 5.95. The monoisotopic (exact) mass is 232 g/mol. The van der Waals surface area contributed by atoms with Gasteiger partial charge in [-0.3, -0.25) is 4.79 Å². The van der Waals surface area contributed by atoms with Gasteiger partial charge in [-0.05, 0) is 36.8 Å². The molecule has 1 nitrogen and oxygen atoms in total. The van der Waals surface area contributed by atoms with Crippen molar-refractivity contribution in [2.75, 3.05) is 0 Å². The second-order valence-corrected chi connectivity index (χ2v) is 3.76. The van der Waals surface area contributed by atoms with Crippen LogP contribution in [-0.2, 0) is 0 Å². The molecule has 0 unspecified atom stereocenters. The number of carbonyl (C=O) groups is 1. The van der Waals surface area contributed by atoms with Crippen molar-refractivity contribution in [1.82, 2.24) is 0 Å². The van der Waals surface area contributed by atoms with Crippen molar-refractivity contribution >= 4 is 5.78 Å². The Morgan fingerprint density at radius 2 is 1.82 bits per heavy atom. The predicted octanol–water partition coefficient (Wildman–Crippen LogP) is 3.83. The summed E-state index contributed by atoms with van der Waals surface area (Å²) in [7, 11) is 0. The van der Waals surface area contributed by atoms with Gasteiger partial charge in [0.05, 0.1) is 0 Å². The van der Waals surface area contributed by atoms with Crippen molar-refractivity contribution in [1.29, 1.82) is 0 Å². The van der Waals surface area contributed by atoms with E-state index in [4.69, 9.17) is 0 Å². The molecule has 0 bridgehead atoms. The molecular formula is C14H10F2O. The molecule has 0 aliphatic heterocycles. The van der Waals surface area contributed by atoms with E-state index in [2.05, 4.69) is 0 Å². The summed E-state index contributed by atoms with van der Waals surface area (Å²) in [6.45, 7) is 1.43. The summed E-state index contributed by atoms with van der Waals surface area (Å²) in [5.41, 5.74) is 1.13. The number of hydrogen-bond donors (Lipinski definition) is 0. The lowest BCUT2D eigenvalue weighted by Crippen LogP contribution is -1.93. The summed E-state index contributed by atoms with van der Waals surface area (Å²) in [5.74, 6) is -1.12. The average molecular weight is 232 g/mol. The Balaban J connectivity index is 2.56. The van der Waals surface area contributed by atoms with Crippen molar-refractivity contribution < 1.29 is 13.6 Å². The smallest absolute Gasteiger partial charge is 0.159 e.